The largest absolute Gasteiger partial charge is 0.322 e. The van der Waals surface area contributed by atoms with Crippen LogP contribution >= 0.6 is 0 Å². The molecule has 1 aliphatic carbocycles. The molecule has 1 aliphatic rings. The summed E-state index contributed by atoms with van der Waals surface area (Å²) < 4.78 is 0. The molecule has 0 heterocycles. The quantitative estimate of drug-likeness (QED) is 0.742. The van der Waals surface area contributed by atoms with Crippen LogP contribution in [0.15, 0.2) is 24.3 Å². The standard InChI is InChI=1S/C14H19N/c1-10-6-4-8-12-11(10)7-5-9-13(12)14(2,3)15/h4,6,8-9H,5,7,15H2,1-3H3. The van der Waals surface area contributed by atoms with Crippen LogP contribution in [0.5, 0.6) is 0 Å². The second-order valence-electron chi connectivity index (χ2n) is 4.98. The molecule has 2 N–H and O–H groups in total. The van der Waals surface area contributed by atoms with Gasteiger partial charge in [-0.1, -0.05) is 24.3 Å². The number of benzene rings is 1. The van der Waals surface area contributed by atoms with E-state index in [4.69, 9.17) is 5.73 Å². The Balaban J connectivity index is 2.57. The third kappa shape index (κ3) is 1.84. The summed E-state index contributed by atoms with van der Waals surface area (Å²) >= 11 is 0. The molecule has 80 valence electrons. The topological polar surface area (TPSA) is 26.0 Å². The van der Waals surface area contributed by atoms with Crippen molar-refractivity contribution in [1.82, 2.24) is 0 Å². The summed E-state index contributed by atoms with van der Waals surface area (Å²) in [6.07, 6.45) is 4.57. The molecule has 0 spiro atoms. The fourth-order valence-corrected chi connectivity index (χ4v) is 2.37. The van der Waals surface area contributed by atoms with Crippen LogP contribution < -0.4 is 5.73 Å². The van der Waals surface area contributed by atoms with Crippen molar-refractivity contribution in [2.45, 2.75) is 39.2 Å². The van der Waals surface area contributed by atoms with Crippen LogP contribution in [0.2, 0.25) is 0 Å². The predicted molar refractivity (Wildman–Crippen MR) is 65.7 cm³/mol. The van der Waals surface area contributed by atoms with Gasteiger partial charge in [0.15, 0.2) is 0 Å². The zero-order chi connectivity index (χ0) is 11.1. The van der Waals surface area contributed by atoms with Crippen molar-refractivity contribution in [2.24, 2.45) is 5.73 Å². The summed E-state index contributed by atoms with van der Waals surface area (Å²) in [6.45, 7) is 6.35. The lowest BCUT2D eigenvalue weighted by molar-refractivity contribution is 0.667. The molecule has 0 atom stereocenters. The molecule has 0 aromatic heterocycles. The Hall–Kier alpha value is -1.08. The lowest BCUT2D eigenvalue weighted by Crippen LogP contribution is -2.34. The van der Waals surface area contributed by atoms with Crippen molar-refractivity contribution >= 4 is 5.57 Å². The summed E-state index contributed by atoms with van der Waals surface area (Å²) in [4.78, 5) is 0. The highest BCUT2D eigenvalue weighted by Crippen LogP contribution is 2.33. The molecule has 0 saturated carbocycles. The maximum absolute atomic E-state index is 6.21. The highest BCUT2D eigenvalue weighted by atomic mass is 14.7. The Bertz CT molecular complexity index is 408. The van der Waals surface area contributed by atoms with Crippen LogP contribution in [0.4, 0.5) is 0 Å². The SMILES string of the molecule is Cc1cccc2c1CCC=C2C(C)(C)N. The number of nitrogens with two attached hydrogens (primary N) is 1. The van der Waals surface area contributed by atoms with Crippen LogP contribution in [-0.2, 0) is 6.42 Å². The second kappa shape index (κ2) is 3.49. The minimum absolute atomic E-state index is 0.233. The van der Waals surface area contributed by atoms with Crippen molar-refractivity contribution in [3.63, 3.8) is 0 Å². The molecular formula is C14H19N. The molecule has 15 heavy (non-hydrogen) atoms. The van der Waals surface area contributed by atoms with E-state index in [1.54, 1.807) is 0 Å². The molecule has 0 saturated heterocycles. The van der Waals surface area contributed by atoms with Gasteiger partial charge in [0.2, 0.25) is 0 Å². The fourth-order valence-electron chi connectivity index (χ4n) is 2.37. The number of hydrogen-bond donors (Lipinski definition) is 1. The van der Waals surface area contributed by atoms with E-state index in [0.717, 1.165) is 12.8 Å². The number of allylic oxidation sites excluding steroid dienone is 1. The molecule has 1 nitrogen and oxygen atoms in total. The summed E-state index contributed by atoms with van der Waals surface area (Å²) in [7, 11) is 0. The first kappa shape index (κ1) is 10.4. The molecule has 0 radical (unpaired) electrons. The van der Waals surface area contributed by atoms with Crippen molar-refractivity contribution in [3.8, 4) is 0 Å². The van der Waals surface area contributed by atoms with Crippen LogP contribution in [0.1, 0.15) is 37.0 Å². The minimum Gasteiger partial charge on any atom is -0.322 e. The molecule has 2 rings (SSSR count). The van der Waals surface area contributed by atoms with Gasteiger partial charge >= 0.3 is 0 Å². The van der Waals surface area contributed by atoms with E-state index in [1.165, 1.54) is 22.3 Å². The Kier molecular flexibility index (Phi) is 2.43. The van der Waals surface area contributed by atoms with Crippen LogP contribution in [-0.4, -0.2) is 5.54 Å². The molecule has 0 fully saturated rings. The van der Waals surface area contributed by atoms with Gasteiger partial charge in [0.25, 0.3) is 0 Å². The first-order chi connectivity index (χ1) is 7.00. The van der Waals surface area contributed by atoms with E-state index in [-0.39, 0.29) is 5.54 Å². The van der Waals surface area contributed by atoms with Gasteiger partial charge < -0.3 is 5.73 Å². The molecule has 1 aromatic carbocycles. The van der Waals surface area contributed by atoms with Gasteiger partial charge in [0, 0.05) is 5.54 Å². The Morgan fingerprint density at radius 2 is 2.00 bits per heavy atom. The van der Waals surface area contributed by atoms with Gasteiger partial charge in [-0.05, 0) is 55.9 Å². The Morgan fingerprint density at radius 1 is 1.27 bits per heavy atom. The Labute approximate surface area is 92.0 Å². The van der Waals surface area contributed by atoms with Crippen molar-refractivity contribution in [3.05, 3.63) is 41.0 Å². The zero-order valence-corrected chi connectivity index (χ0v) is 9.80. The average molecular weight is 201 g/mol. The molecule has 0 aliphatic heterocycles. The number of aryl methyl sites for hydroxylation is 1. The summed E-state index contributed by atoms with van der Waals surface area (Å²) in [6, 6.07) is 6.51. The predicted octanol–water partition coefficient (Wildman–Crippen LogP) is 3.06. The Morgan fingerprint density at radius 3 is 2.67 bits per heavy atom. The van der Waals surface area contributed by atoms with Gasteiger partial charge in [-0.2, -0.15) is 0 Å². The van der Waals surface area contributed by atoms with E-state index in [9.17, 15) is 0 Å². The maximum Gasteiger partial charge on any atom is 0.0355 e. The van der Waals surface area contributed by atoms with Crippen molar-refractivity contribution < 1.29 is 0 Å². The normalized spacial score (nSPS) is 15.9. The highest BCUT2D eigenvalue weighted by Gasteiger charge is 2.23. The molecule has 0 amide bonds. The van der Waals surface area contributed by atoms with E-state index < -0.39 is 0 Å². The summed E-state index contributed by atoms with van der Waals surface area (Å²) in [5.74, 6) is 0. The van der Waals surface area contributed by atoms with Crippen LogP contribution in [0, 0.1) is 6.92 Å². The van der Waals surface area contributed by atoms with Crippen molar-refractivity contribution in [2.75, 3.05) is 0 Å². The molecular weight excluding hydrogens is 182 g/mol. The zero-order valence-electron chi connectivity index (χ0n) is 9.80. The van der Waals surface area contributed by atoms with E-state index in [0.29, 0.717) is 0 Å². The van der Waals surface area contributed by atoms with Crippen LogP contribution in [0.25, 0.3) is 5.57 Å². The van der Waals surface area contributed by atoms with Gasteiger partial charge in [0.1, 0.15) is 0 Å². The van der Waals surface area contributed by atoms with Crippen LogP contribution in [0.3, 0.4) is 0 Å². The smallest absolute Gasteiger partial charge is 0.0355 e. The lowest BCUT2D eigenvalue weighted by Gasteiger charge is -2.29. The number of rotatable bonds is 1. The first-order valence-electron chi connectivity index (χ1n) is 5.58. The molecule has 1 aromatic rings. The van der Waals surface area contributed by atoms with Crippen molar-refractivity contribution in [1.29, 1.82) is 0 Å². The van der Waals surface area contributed by atoms with Gasteiger partial charge in [-0.3, -0.25) is 0 Å². The highest BCUT2D eigenvalue weighted by molar-refractivity contribution is 5.76. The van der Waals surface area contributed by atoms with Gasteiger partial charge in [0.05, 0.1) is 0 Å². The number of hydrogen-bond acceptors (Lipinski definition) is 1. The third-order valence-corrected chi connectivity index (χ3v) is 3.14. The molecule has 1 heteroatoms. The molecule has 0 bridgehead atoms. The third-order valence-electron chi connectivity index (χ3n) is 3.14. The first-order valence-corrected chi connectivity index (χ1v) is 5.58. The second-order valence-corrected chi connectivity index (χ2v) is 4.98. The minimum atomic E-state index is -0.233. The lowest BCUT2D eigenvalue weighted by atomic mass is 9.80. The summed E-state index contributed by atoms with van der Waals surface area (Å²) in [5.41, 5.74) is 11.5. The maximum atomic E-state index is 6.21. The van der Waals surface area contributed by atoms with Gasteiger partial charge in [-0.25, -0.2) is 0 Å². The monoisotopic (exact) mass is 201 g/mol. The van der Waals surface area contributed by atoms with Gasteiger partial charge in [-0.15, -0.1) is 0 Å². The van der Waals surface area contributed by atoms with E-state index >= 15 is 0 Å². The number of fused-ring (bicyclic) bond motifs is 1. The summed E-state index contributed by atoms with van der Waals surface area (Å²) in [5, 5.41) is 0. The van der Waals surface area contributed by atoms with E-state index in [1.807, 2.05) is 0 Å². The molecule has 0 unspecified atom stereocenters. The average Bonchev–Trinajstić information content (AvgIpc) is 2.16. The fraction of sp³-hybridized carbons (Fsp3) is 0.429. The van der Waals surface area contributed by atoms with E-state index in [2.05, 4.69) is 45.0 Å².